The molecule has 26 heavy (non-hydrogen) atoms. The largest absolute Gasteiger partial charge is 0.344 e. The molecule has 0 aliphatic heterocycles. The van der Waals surface area contributed by atoms with E-state index in [1.807, 2.05) is 48.7 Å². The molecule has 0 aliphatic carbocycles. The first kappa shape index (κ1) is 16.6. The number of benzene rings is 3. The molecule has 1 aromatic heterocycles. The van der Waals surface area contributed by atoms with Crippen molar-refractivity contribution >= 4 is 27.5 Å². The molecule has 0 radical (unpaired) electrons. The molecular formula is C24H23NO. The molecule has 2 nitrogen and oxygen atoms in total. The maximum absolute atomic E-state index is 13.5. The molecule has 1 atom stereocenters. The van der Waals surface area contributed by atoms with Gasteiger partial charge in [-0.1, -0.05) is 74.5 Å². The van der Waals surface area contributed by atoms with Crippen molar-refractivity contribution in [1.29, 1.82) is 0 Å². The molecule has 0 saturated carbocycles. The van der Waals surface area contributed by atoms with Crippen LogP contribution < -0.4 is 0 Å². The molecule has 0 N–H and O–H groups in total. The molecule has 0 unspecified atom stereocenters. The molecule has 4 rings (SSSR count). The van der Waals surface area contributed by atoms with Gasteiger partial charge in [0.15, 0.2) is 5.78 Å². The summed E-state index contributed by atoms with van der Waals surface area (Å²) >= 11 is 0. The van der Waals surface area contributed by atoms with Crippen LogP contribution in [0.5, 0.6) is 0 Å². The second-order valence-corrected chi connectivity index (χ2v) is 7.31. The fraction of sp³-hybridized carbons (Fsp3) is 0.208. The minimum Gasteiger partial charge on any atom is -0.344 e. The average Bonchev–Trinajstić information content (AvgIpc) is 3.06. The summed E-state index contributed by atoms with van der Waals surface area (Å²) in [4.78, 5) is 13.5. The molecule has 4 aromatic rings. The van der Waals surface area contributed by atoms with Crippen LogP contribution in [0.3, 0.4) is 0 Å². The van der Waals surface area contributed by atoms with E-state index >= 15 is 0 Å². The summed E-state index contributed by atoms with van der Waals surface area (Å²) in [5, 5.41) is 3.13. The van der Waals surface area contributed by atoms with Crippen molar-refractivity contribution in [2.45, 2.75) is 26.8 Å². The monoisotopic (exact) mass is 341 g/mol. The first-order valence-electron chi connectivity index (χ1n) is 9.20. The van der Waals surface area contributed by atoms with Crippen LogP contribution in [-0.2, 0) is 0 Å². The second-order valence-electron chi connectivity index (χ2n) is 7.31. The third-order valence-electron chi connectivity index (χ3n) is 5.42. The number of nitrogens with zero attached hydrogens (tertiary/aromatic N) is 1. The number of carbonyl (C=O) groups is 1. The van der Waals surface area contributed by atoms with Gasteiger partial charge in [-0.25, -0.2) is 0 Å². The van der Waals surface area contributed by atoms with Gasteiger partial charge in [-0.3, -0.25) is 4.79 Å². The Morgan fingerprint density at radius 2 is 1.42 bits per heavy atom. The van der Waals surface area contributed by atoms with E-state index in [0.717, 1.165) is 32.8 Å². The van der Waals surface area contributed by atoms with Crippen molar-refractivity contribution in [3.8, 4) is 0 Å². The minimum absolute atomic E-state index is 0.0905. The van der Waals surface area contributed by atoms with Crippen LogP contribution in [0.15, 0.2) is 72.9 Å². The standard InChI is InChI=1S/C24H23NO/c1-16(2)17(3)25-15-22(20-12-6-7-14-23(20)25)24(26)21-13-8-10-18-9-4-5-11-19(18)21/h4-17H,1-3H3/t17-/m1/s1. The number of hydrogen-bond donors (Lipinski definition) is 0. The summed E-state index contributed by atoms with van der Waals surface area (Å²) in [5.74, 6) is 0.582. The van der Waals surface area contributed by atoms with Crippen molar-refractivity contribution in [2.75, 3.05) is 0 Å². The molecular weight excluding hydrogens is 318 g/mol. The zero-order valence-electron chi connectivity index (χ0n) is 15.4. The topological polar surface area (TPSA) is 22.0 Å². The van der Waals surface area contributed by atoms with E-state index in [0.29, 0.717) is 12.0 Å². The highest BCUT2D eigenvalue weighted by atomic mass is 16.1. The number of carbonyl (C=O) groups excluding carboxylic acids is 1. The van der Waals surface area contributed by atoms with Gasteiger partial charge in [-0.15, -0.1) is 0 Å². The third kappa shape index (κ3) is 2.62. The maximum atomic E-state index is 13.5. The Hall–Kier alpha value is -2.87. The molecule has 1 heterocycles. The van der Waals surface area contributed by atoms with Crippen LogP contribution in [0, 0.1) is 5.92 Å². The van der Waals surface area contributed by atoms with E-state index in [1.54, 1.807) is 0 Å². The number of aromatic nitrogens is 1. The second kappa shape index (κ2) is 6.45. The first-order valence-corrected chi connectivity index (χ1v) is 9.20. The van der Waals surface area contributed by atoms with E-state index in [-0.39, 0.29) is 5.78 Å². The molecule has 2 heteroatoms. The molecule has 0 saturated heterocycles. The molecule has 0 bridgehead atoms. The predicted molar refractivity (Wildman–Crippen MR) is 109 cm³/mol. The Labute approximate surface area is 154 Å². The van der Waals surface area contributed by atoms with Gasteiger partial charge < -0.3 is 4.57 Å². The summed E-state index contributed by atoms with van der Waals surface area (Å²) in [6.07, 6.45) is 2.04. The summed E-state index contributed by atoms with van der Waals surface area (Å²) in [6, 6.07) is 22.6. The van der Waals surface area contributed by atoms with Crippen LogP contribution in [0.4, 0.5) is 0 Å². The lowest BCUT2D eigenvalue weighted by molar-refractivity contribution is 0.104. The molecule has 3 aromatic carbocycles. The van der Waals surface area contributed by atoms with Gasteiger partial charge in [-0.2, -0.15) is 0 Å². The lowest BCUT2D eigenvalue weighted by Gasteiger charge is -2.18. The summed E-state index contributed by atoms with van der Waals surface area (Å²) in [5.41, 5.74) is 2.67. The fourth-order valence-corrected chi connectivity index (χ4v) is 3.61. The van der Waals surface area contributed by atoms with Gasteiger partial charge in [0.25, 0.3) is 0 Å². The molecule has 0 spiro atoms. The Morgan fingerprint density at radius 1 is 0.769 bits per heavy atom. The van der Waals surface area contributed by atoms with E-state index in [4.69, 9.17) is 0 Å². The van der Waals surface area contributed by atoms with Gasteiger partial charge in [0.05, 0.1) is 0 Å². The lowest BCUT2D eigenvalue weighted by Crippen LogP contribution is -2.10. The normalized spacial score (nSPS) is 12.8. The van der Waals surface area contributed by atoms with Crippen LogP contribution in [-0.4, -0.2) is 10.4 Å². The third-order valence-corrected chi connectivity index (χ3v) is 5.42. The number of para-hydroxylation sites is 1. The highest BCUT2D eigenvalue weighted by Gasteiger charge is 2.21. The highest BCUT2D eigenvalue weighted by Crippen LogP contribution is 2.30. The minimum atomic E-state index is 0.0905. The SMILES string of the molecule is CC(C)[C@@H](C)n1cc(C(=O)c2cccc3ccccc23)c2ccccc21. The van der Waals surface area contributed by atoms with E-state index in [1.165, 1.54) is 0 Å². The number of hydrogen-bond acceptors (Lipinski definition) is 1. The molecule has 0 aliphatic rings. The zero-order valence-corrected chi connectivity index (χ0v) is 15.4. The highest BCUT2D eigenvalue weighted by molar-refractivity contribution is 6.21. The Morgan fingerprint density at radius 3 is 2.19 bits per heavy atom. The molecule has 130 valence electrons. The van der Waals surface area contributed by atoms with E-state index < -0.39 is 0 Å². The van der Waals surface area contributed by atoms with Crippen LogP contribution >= 0.6 is 0 Å². The zero-order chi connectivity index (χ0) is 18.3. The van der Waals surface area contributed by atoms with Crippen LogP contribution in [0.2, 0.25) is 0 Å². The van der Waals surface area contributed by atoms with E-state index in [9.17, 15) is 4.79 Å². The van der Waals surface area contributed by atoms with Crippen LogP contribution in [0.1, 0.15) is 42.7 Å². The first-order chi connectivity index (χ1) is 12.6. The summed E-state index contributed by atoms with van der Waals surface area (Å²) in [7, 11) is 0. The Bertz CT molecular complexity index is 1100. The van der Waals surface area contributed by atoms with Gasteiger partial charge in [0.1, 0.15) is 0 Å². The van der Waals surface area contributed by atoms with Crippen LogP contribution in [0.25, 0.3) is 21.7 Å². The predicted octanol–water partition coefficient (Wildman–Crippen LogP) is 6.24. The van der Waals surface area contributed by atoms with Gasteiger partial charge in [0.2, 0.25) is 0 Å². The maximum Gasteiger partial charge on any atom is 0.195 e. The van der Waals surface area contributed by atoms with Crippen molar-refractivity contribution in [2.24, 2.45) is 5.92 Å². The lowest BCUT2D eigenvalue weighted by atomic mass is 9.97. The molecule has 0 fully saturated rings. The van der Waals surface area contributed by atoms with Crippen molar-refractivity contribution in [3.05, 3.63) is 84.1 Å². The summed E-state index contributed by atoms with van der Waals surface area (Å²) < 4.78 is 2.25. The summed E-state index contributed by atoms with van der Waals surface area (Å²) in [6.45, 7) is 6.64. The van der Waals surface area contributed by atoms with Crippen molar-refractivity contribution < 1.29 is 4.79 Å². The van der Waals surface area contributed by atoms with Gasteiger partial charge >= 0.3 is 0 Å². The molecule has 0 amide bonds. The number of fused-ring (bicyclic) bond motifs is 2. The van der Waals surface area contributed by atoms with Gasteiger partial charge in [0, 0.05) is 34.3 Å². The van der Waals surface area contributed by atoms with Crippen molar-refractivity contribution in [1.82, 2.24) is 4.57 Å². The van der Waals surface area contributed by atoms with Gasteiger partial charge in [-0.05, 0) is 29.7 Å². The van der Waals surface area contributed by atoms with Crippen molar-refractivity contribution in [3.63, 3.8) is 0 Å². The van der Waals surface area contributed by atoms with E-state index in [2.05, 4.69) is 49.6 Å². The quantitative estimate of drug-likeness (QED) is 0.403. The fourth-order valence-electron chi connectivity index (χ4n) is 3.61. The number of ketones is 1. The Kier molecular flexibility index (Phi) is 4.12. The smallest absolute Gasteiger partial charge is 0.195 e. The number of rotatable bonds is 4. The average molecular weight is 341 g/mol. The Balaban J connectivity index is 1.93.